The average molecular weight is 795 g/mol. The van der Waals surface area contributed by atoms with Gasteiger partial charge in [0.1, 0.15) is 0 Å². The molecule has 10 rings (SSSR count). The van der Waals surface area contributed by atoms with Gasteiger partial charge in [-0.1, -0.05) is 69.9 Å². The van der Waals surface area contributed by atoms with E-state index >= 15 is 0 Å². The van der Waals surface area contributed by atoms with Gasteiger partial charge < -0.3 is 0 Å². The molecule has 0 unspecified atom stereocenters. The highest BCUT2D eigenvalue weighted by Gasteiger charge is 2.51. The van der Waals surface area contributed by atoms with E-state index < -0.39 is 11.8 Å². The van der Waals surface area contributed by atoms with Gasteiger partial charge in [-0.3, -0.25) is 29.0 Å². The molecule has 2 aliphatic heterocycles. The van der Waals surface area contributed by atoms with Crippen LogP contribution in [0.5, 0.6) is 0 Å². The molecule has 4 amide bonds. The van der Waals surface area contributed by atoms with Crippen LogP contribution in [0.25, 0.3) is 33.0 Å². The Bertz CT molecular complexity index is 2500. The molecule has 60 heavy (non-hydrogen) atoms. The molecule has 0 bridgehead atoms. The molecule has 8 heteroatoms. The Morgan fingerprint density at radius 1 is 0.500 bits per heavy atom. The fourth-order valence-electron chi connectivity index (χ4n) is 12.8. The van der Waals surface area contributed by atoms with Crippen molar-refractivity contribution < 1.29 is 19.2 Å². The van der Waals surface area contributed by atoms with Gasteiger partial charge >= 0.3 is 0 Å². The minimum atomic E-state index is -0.540. The van der Waals surface area contributed by atoms with Gasteiger partial charge in [-0.2, -0.15) is 0 Å². The largest absolute Gasteiger partial charge is 0.287 e. The molecule has 2 aromatic carbocycles. The van der Waals surface area contributed by atoms with Crippen LogP contribution in [0.3, 0.4) is 0 Å². The third-order valence-electron chi connectivity index (χ3n) is 16.0. The van der Waals surface area contributed by atoms with Crippen molar-refractivity contribution >= 4 is 35.8 Å². The molecule has 0 saturated heterocycles. The summed E-state index contributed by atoms with van der Waals surface area (Å²) in [5, 5.41) is 0. The van der Waals surface area contributed by atoms with Crippen molar-refractivity contribution in [2.24, 2.45) is 0 Å². The lowest BCUT2D eigenvalue weighted by Crippen LogP contribution is -2.39. The fraction of sp³-hybridized carbons (Fsp3) is 0.423. The summed E-state index contributed by atoms with van der Waals surface area (Å²) >= 11 is 0. The molecule has 3 spiro atoms. The summed E-state index contributed by atoms with van der Waals surface area (Å²) in [7, 11) is 2.94. The fourth-order valence-corrected chi connectivity index (χ4v) is 12.8. The third-order valence-corrected chi connectivity index (χ3v) is 16.0. The molecule has 0 aromatic heterocycles. The molecule has 3 saturated carbocycles. The normalized spacial score (nSPS) is 24.9. The van der Waals surface area contributed by atoms with Crippen LogP contribution in [0.15, 0.2) is 81.3 Å². The summed E-state index contributed by atoms with van der Waals surface area (Å²) < 4.78 is 0. The molecule has 302 valence electrons. The van der Waals surface area contributed by atoms with E-state index in [-0.39, 0.29) is 39.5 Å². The van der Waals surface area contributed by atoms with Gasteiger partial charge in [0.05, 0.1) is 13.1 Å². The van der Waals surface area contributed by atoms with Gasteiger partial charge in [0.15, 0.2) is 0 Å². The quantitative estimate of drug-likeness (QED) is 0.172. The van der Waals surface area contributed by atoms with Gasteiger partial charge in [0.2, 0.25) is 0 Å². The molecular formula is C52H50N4O4. The number of imide groups is 2. The molecule has 0 atom stereocenters. The van der Waals surface area contributed by atoms with Crippen molar-refractivity contribution in [3.05, 3.63) is 137 Å². The maximum atomic E-state index is 13.7. The van der Waals surface area contributed by atoms with Crippen LogP contribution < -0.4 is 0 Å². The Kier molecular flexibility index (Phi) is 8.68. The van der Waals surface area contributed by atoms with Crippen molar-refractivity contribution in [2.45, 2.75) is 126 Å². The summed E-state index contributed by atoms with van der Waals surface area (Å²) in [6, 6.07) is 10.0. The zero-order chi connectivity index (χ0) is 41.9. The predicted octanol–water partition coefficient (Wildman–Crippen LogP) is 10.4. The van der Waals surface area contributed by atoms with Gasteiger partial charge in [-0.05, 0) is 156 Å². The molecule has 3 fully saturated rings. The number of allylic oxidation sites excluding steroid dienone is 4. The number of likely N-dealkylation sites (N-methyl/N-ethyl adjacent to an activating group) is 2. The lowest BCUT2D eigenvalue weighted by molar-refractivity contribution is -0.140. The van der Waals surface area contributed by atoms with E-state index in [2.05, 4.69) is 46.1 Å². The van der Waals surface area contributed by atoms with Crippen LogP contribution >= 0.6 is 0 Å². The monoisotopic (exact) mass is 794 g/mol. The number of nitrogens with zero attached hydrogens (tertiary/aromatic N) is 4. The van der Waals surface area contributed by atoms with Crippen molar-refractivity contribution in [3.8, 4) is 11.1 Å². The first kappa shape index (κ1) is 38.3. The van der Waals surface area contributed by atoms with Crippen LogP contribution in [0.4, 0.5) is 0 Å². The van der Waals surface area contributed by atoms with Crippen molar-refractivity contribution in [2.75, 3.05) is 14.1 Å². The van der Waals surface area contributed by atoms with E-state index in [0.29, 0.717) is 22.3 Å². The Morgan fingerprint density at radius 3 is 1.20 bits per heavy atom. The second-order valence-electron chi connectivity index (χ2n) is 18.7. The highest BCUT2D eigenvalue weighted by atomic mass is 16.2. The Hall–Kier alpha value is -5.86. The van der Waals surface area contributed by atoms with Crippen LogP contribution in [-0.2, 0) is 35.4 Å². The summed E-state index contributed by atoms with van der Waals surface area (Å²) in [5.74, 6) is -1.79. The number of hydrogen-bond donors (Lipinski definition) is 0. The van der Waals surface area contributed by atoms with Crippen LogP contribution in [0.2, 0.25) is 0 Å². The minimum Gasteiger partial charge on any atom is -0.287 e. The first-order chi connectivity index (χ1) is 28.9. The average Bonchev–Trinajstić information content (AvgIpc) is 3.80. The molecule has 0 radical (unpaired) electrons. The van der Waals surface area contributed by atoms with E-state index in [1.165, 1.54) is 77.9 Å². The molecule has 8 aliphatic rings. The summed E-state index contributed by atoms with van der Waals surface area (Å²) in [4.78, 5) is 62.5. The first-order valence-corrected chi connectivity index (χ1v) is 22.0. The van der Waals surface area contributed by atoms with E-state index in [0.717, 1.165) is 98.0 Å². The smallest absolute Gasteiger partial charge is 0.259 e. The number of fused-ring (bicyclic) bond motifs is 9. The summed E-state index contributed by atoms with van der Waals surface area (Å²) in [6.45, 7) is 19.0. The molecule has 6 aliphatic carbocycles. The molecule has 8 nitrogen and oxygen atoms in total. The van der Waals surface area contributed by atoms with Crippen molar-refractivity contribution in [1.82, 2.24) is 9.80 Å². The Balaban J connectivity index is 1.15. The zero-order valence-electron chi connectivity index (χ0n) is 35.1. The Labute approximate surface area is 352 Å². The van der Waals surface area contributed by atoms with Crippen LogP contribution in [0, 0.1) is 13.1 Å². The van der Waals surface area contributed by atoms with Gasteiger partial charge in [-0.15, -0.1) is 0 Å². The topological polar surface area (TPSA) is 83.5 Å². The number of amides is 4. The van der Waals surface area contributed by atoms with Gasteiger partial charge in [0.25, 0.3) is 35.0 Å². The standard InChI is InChI=1S/C52H50N4O4/c1-30-36(46(57)55(5)48(59)44(30)53-3)26-34-22-32-24-42-38(28-40(32)50(34)16-10-7-11-17-50)39-29-41-33(25-43(39)52(42)20-14-9-15-21-52)23-35(51(41)18-12-8-13-19-51)27-37-31(2)45(54-4)49(60)56(6)47(37)58/h22-29H,7-21H2,1-2,5-6H3/b36-26-,37-27+. The van der Waals surface area contributed by atoms with E-state index in [4.69, 9.17) is 13.1 Å². The lowest BCUT2D eigenvalue weighted by Gasteiger charge is -2.39. The third kappa shape index (κ3) is 5.06. The lowest BCUT2D eigenvalue weighted by atomic mass is 9.65. The van der Waals surface area contributed by atoms with Gasteiger partial charge in [-0.25, -0.2) is 9.69 Å². The highest BCUT2D eigenvalue weighted by Crippen LogP contribution is 2.62. The number of rotatable bonds is 2. The Morgan fingerprint density at radius 2 is 0.850 bits per heavy atom. The second kappa shape index (κ2) is 13.6. The molecule has 2 aromatic rings. The number of carbonyl (C=O) groups is 4. The number of carbonyl (C=O) groups excluding carboxylic acids is 4. The van der Waals surface area contributed by atoms with Gasteiger partial charge in [0, 0.05) is 41.5 Å². The second-order valence-corrected chi connectivity index (χ2v) is 18.7. The maximum absolute atomic E-state index is 13.7. The molecule has 0 N–H and O–H groups in total. The summed E-state index contributed by atoms with van der Waals surface area (Å²) in [6.07, 6.45) is 25.0. The maximum Gasteiger partial charge on any atom is 0.259 e. The number of benzene rings is 2. The van der Waals surface area contributed by atoms with E-state index in [9.17, 15) is 19.2 Å². The molecule has 2 heterocycles. The predicted molar refractivity (Wildman–Crippen MR) is 232 cm³/mol. The highest BCUT2D eigenvalue weighted by molar-refractivity contribution is 6.18. The first-order valence-electron chi connectivity index (χ1n) is 22.0. The SMILES string of the molecule is [C-]#[N+]C1=C(C)/C(=C/C2=Cc3cc4c(cc3C23CCCCC3)-c2cc3c(cc2C42CCCCC2)C=C(/C=C2/C(=O)N(C)C(=O)C([N+]#[C-])=C2C)C32CCCCC2)C(=O)N(C)C1=O. The van der Waals surface area contributed by atoms with Crippen molar-refractivity contribution in [1.29, 1.82) is 0 Å². The van der Waals surface area contributed by atoms with Crippen molar-refractivity contribution in [3.63, 3.8) is 0 Å². The number of hydrogen-bond acceptors (Lipinski definition) is 4. The van der Waals surface area contributed by atoms with Crippen LogP contribution in [0.1, 0.15) is 144 Å². The van der Waals surface area contributed by atoms with Crippen LogP contribution in [-0.4, -0.2) is 47.5 Å². The van der Waals surface area contributed by atoms with E-state index in [1.807, 2.05) is 12.2 Å². The molecular weight excluding hydrogens is 745 g/mol. The van der Waals surface area contributed by atoms with E-state index in [1.54, 1.807) is 13.8 Å². The minimum absolute atomic E-state index is 0.0107. The zero-order valence-corrected chi connectivity index (χ0v) is 35.1. The summed E-state index contributed by atoms with van der Waals surface area (Å²) in [5.41, 5.74) is 14.0.